The summed E-state index contributed by atoms with van der Waals surface area (Å²) in [7, 11) is 0. The lowest BCUT2D eigenvalue weighted by atomic mass is 9.99. The molecule has 0 fully saturated rings. The van der Waals surface area contributed by atoms with E-state index < -0.39 is 0 Å². The average Bonchev–Trinajstić information content (AvgIpc) is 3.45. The number of fused-ring (bicyclic) bond motifs is 4. The molecule has 0 amide bonds. The highest BCUT2D eigenvalue weighted by molar-refractivity contribution is 5.92. The summed E-state index contributed by atoms with van der Waals surface area (Å²) in [6.07, 6.45) is 0. The van der Waals surface area contributed by atoms with Crippen molar-refractivity contribution in [3.63, 3.8) is 0 Å². The molecular formula is C31H20N2O. The van der Waals surface area contributed by atoms with Gasteiger partial charge in [-0.1, -0.05) is 103 Å². The van der Waals surface area contributed by atoms with Crippen molar-refractivity contribution in [3.05, 3.63) is 121 Å². The number of hydrogen-bond acceptors (Lipinski definition) is 2. The standard InChI is InChI=1S/C31H20N2O/c1-2-8-21(9-3-1)23-14-17-24(18-15-23)29-30(26-19-16-22-10-4-5-11-25(22)20-26)33-27-12-6-7-13-28(27)34-31(33)32-29/h1-20H. The molecule has 3 nitrogen and oxygen atoms in total. The third kappa shape index (κ3) is 2.95. The Morgan fingerprint density at radius 3 is 2.03 bits per heavy atom. The van der Waals surface area contributed by atoms with Crippen LogP contribution in [0.1, 0.15) is 0 Å². The molecule has 160 valence electrons. The third-order valence-corrected chi connectivity index (χ3v) is 6.44. The fourth-order valence-corrected chi connectivity index (χ4v) is 4.77. The maximum absolute atomic E-state index is 6.15. The molecule has 0 aliphatic carbocycles. The Balaban J connectivity index is 1.47. The van der Waals surface area contributed by atoms with Crippen molar-refractivity contribution in [1.82, 2.24) is 9.38 Å². The molecule has 2 heterocycles. The first-order valence-corrected chi connectivity index (χ1v) is 11.4. The zero-order chi connectivity index (χ0) is 22.5. The fraction of sp³-hybridized carbons (Fsp3) is 0. The van der Waals surface area contributed by atoms with Crippen molar-refractivity contribution in [2.75, 3.05) is 0 Å². The van der Waals surface area contributed by atoms with Gasteiger partial charge >= 0.3 is 5.84 Å². The Hall–Kier alpha value is -4.63. The quantitative estimate of drug-likeness (QED) is 0.279. The van der Waals surface area contributed by atoms with Crippen LogP contribution in [0, 0.1) is 0 Å². The average molecular weight is 437 g/mol. The number of hydrogen-bond donors (Lipinski definition) is 0. The van der Waals surface area contributed by atoms with Gasteiger partial charge in [0.2, 0.25) is 0 Å². The molecule has 2 aromatic heterocycles. The first-order chi connectivity index (χ1) is 16.8. The van der Waals surface area contributed by atoms with E-state index in [4.69, 9.17) is 9.40 Å². The highest BCUT2D eigenvalue weighted by Gasteiger charge is 2.21. The lowest BCUT2D eigenvalue weighted by molar-refractivity contribution is 0.642. The second-order valence-electron chi connectivity index (χ2n) is 8.50. The van der Waals surface area contributed by atoms with Crippen LogP contribution in [-0.4, -0.2) is 9.38 Å². The molecule has 34 heavy (non-hydrogen) atoms. The smallest absolute Gasteiger partial charge is 0.307 e. The summed E-state index contributed by atoms with van der Waals surface area (Å²) in [6, 6.07) is 42.2. The minimum absolute atomic E-state index is 0.603. The molecule has 0 unspecified atom stereocenters. The molecule has 3 heteroatoms. The molecule has 0 saturated carbocycles. The lowest BCUT2D eigenvalue weighted by Gasteiger charge is -2.08. The van der Waals surface area contributed by atoms with E-state index in [0.717, 1.165) is 33.6 Å². The van der Waals surface area contributed by atoms with Gasteiger partial charge in [0.25, 0.3) is 0 Å². The maximum Gasteiger partial charge on any atom is 0.307 e. The van der Waals surface area contributed by atoms with Crippen LogP contribution >= 0.6 is 0 Å². The number of aromatic nitrogens is 2. The Kier molecular flexibility index (Phi) is 4.15. The van der Waals surface area contributed by atoms with Crippen LogP contribution in [0.5, 0.6) is 0 Å². The van der Waals surface area contributed by atoms with E-state index >= 15 is 0 Å². The van der Waals surface area contributed by atoms with Gasteiger partial charge in [-0.25, -0.2) is 0 Å². The second-order valence-corrected chi connectivity index (χ2v) is 8.50. The maximum atomic E-state index is 6.15. The van der Waals surface area contributed by atoms with Crippen LogP contribution < -0.4 is 0 Å². The van der Waals surface area contributed by atoms with Gasteiger partial charge in [0.1, 0.15) is 5.69 Å². The first kappa shape index (κ1) is 18.9. The molecule has 0 aliphatic heterocycles. The van der Waals surface area contributed by atoms with Crippen LogP contribution in [0.15, 0.2) is 126 Å². The van der Waals surface area contributed by atoms with Crippen LogP contribution in [0.2, 0.25) is 0 Å². The fourth-order valence-electron chi connectivity index (χ4n) is 4.77. The first-order valence-electron chi connectivity index (χ1n) is 11.4. The van der Waals surface area contributed by atoms with E-state index in [9.17, 15) is 0 Å². The largest absolute Gasteiger partial charge is 0.423 e. The van der Waals surface area contributed by atoms with E-state index in [1.165, 1.54) is 21.9 Å². The van der Waals surface area contributed by atoms with Crippen molar-refractivity contribution >= 4 is 27.7 Å². The summed E-state index contributed by atoms with van der Waals surface area (Å²) in [5, 5.41) is 2.42. The number of imidazole rings is 1. The molecule has 5 aromatic carbocycles. The zero-order valence-electron chi connectivity index (χ0n) is 18.3. The van der Waals surface area contributed by atoms with Crippen molar-refractivity contribution in [2.24, 2.45) is 0 Å². The lowest BCUT2D eigenvalue weighted by Crippen LogP contribution is -1.90. The molecule has 0 atom stereocenters. The molecule has 0 radical (unpaired) electrons. The molecule has 0 spiro atoms. The van der Waals surface area contributed by atoms with Crippen LogP contribution in [0.3, 0.4) is 0 Å². The topological polar surface area (TPSA) is 30.4 Å². The molecule has 0 saturated heterocycles. The van der Waals surface area contributed by atoms with Crippen LogP contribution in [0.4, 0.5) is 0 Å². The zero-order valence-corrected chi connectivity index (χ0v) is 18.3. The number of para-hydroxylation sites is 2. The van der Waals surface area contributed by atoms with Crippen molar-refractivity contribution in [2.45, 2.75) is 0 Å². The van der Waals surface area contributed by atoms with Crippen LogP contribution in [0.25, 0.3) is 61.4 Å². The van der Waals surface area contributed by atoms with Crippen LogP contribution in [-0.2, 0) is 0 Å². The SMILES string of the molecule is c1ccc(-c2ccc(-c3nc4oc5ccccc5n4c3-c3ccc4ccccc4c3)cc2)cc1. The van der Waals surface area contributed by atoms with Gasteiger partial charge in [0.05, 0.1) is 11.2 Å². The van der Waals surface area contributed by atoms with E-state index in [0.29, 0.717) is 5.84 Å². The monoisotopic (exact) mass is 436 g/mol. The van der Waals surface area contributed by atoms with E-state index in [2.05, 4.69) is 101 Å². The highest BCUT2D eigenvalue weighted by Crippen LogP contribution is 2.38. The number of rotatable bonds is 3. The molecule has 0 bridgehead atoms. The van der Waals surface area contributed by atoms with Crippen molar-refractivity contribution in [1.29, 1.82) is 0 Å². The molecule has 0 aliphatic rings. The summed E-state index contributed by atoms with van der Waals surface area (Å²) in [4.78, 5) is 4.98. The molecule has 0 N–H and O–H groups in total. The normalized spacial score (nSPS) is 11.5. The Bertz CT molecular complexity index is 1790. The predicted octanol–water partition coefficient (Wildman–Crippen LogP) is 8.23. The van der Waals surface area contributed by atoms with Gasteiger partial charge in [-0.15, -0.1) is 0 Å². The number of oxazole rings is 1. The van der Waals surface area contributed by atoms with Gasteiger partial charge in [-0.2, -0.15) is 4.98 Å². The highest BCUT2D eigenvalue weighted by atomic mass is 16.4. The Morgan fingerprint density at radius 1 is 0.529 bits per heavy atom. The van der Waals surface area contributed by atoms with Gasteiger partial charge in [-0.05, 0) is 40.1 Å². The Labute approximate surface area is 196 Å². The van der Waals surface area contributed by atoms with Crippen molar-refractivity contribution < 1.29 is 4.42 Å². The Morgan fingerprint density at radius 2 is 1.18 bits per heavy atom. The number of nitrogens with zero attached hydrogens (tertiary/aromatic N) is 2. The minimum atomic E-state index is 0.603. The number of benzene rings is 5. The van der Waals surface area contributed by atoms with Gasteiger partial charge in [0, 0.05) is 11.1 Å². The van der Waals surface area contributed by atoms with E-state index in [-0.39, 0.29) is 0 Å². The summed E-state index contributed by atoms with van der Waals surface area (Å²) >= 11 is 0. The summed E-state index contributed by atoms with van der Waals surface area (Å²) in [6.45, 7) is 0. The predicted molar refractivity (Wildman–Crippen MR) is 139 cm³/mol. The summed E-state index contributed by atoms with van der Waals surface area (Å²) < 4.78 is 8.29. The van der Waals surface area contributed by atoms with Gasteiger partial charge < -0.3 is 4.42 Å². The van der Waals surface area contributed by atoms with Crippen molar-refractivity contribution in [3.8, 4) is 33.6 Å². The van der Waals surface area contributed by atoms with E-state index in [1.54, 1.807) is 0 Å². The molecule has 7 aromatic rings. The minimum Gasteiger partial charge on any atom is -0.423 e. The molecule has 7 rings (SSSR count). The second kappa shape index (κ2) is 7.46. The van der Waals surface area contributed by atoms with Gasteiger partial charge in [0.15, 0.2) is 5.58 Å². The summed E-state index contributed by atoms with van der Waals surface area (Å²) in [5.74, 6) is 0.603. The third-order valence-electron chi connectivity index (χ3n) is 6.44. The summed E-state index contributed by atoms with van der Waals surface area (Å²) in [5.41, 5.74) is 8.36. The van der Waals surface area contributed by atoms with Gasteiger partial charge in [-0.3, -0.25) is 4.40 Å². The van der Waals surface area contributed by atoms with E-state index in [1.807, 2.05) is 24.3 Å². The molecular weight excluding hydrogens is 416 g/mol.